The third-order valence-corrected chi connectivity index (χ3v) is 15.2. The highest BCUT2D eigenvalue weighted by atomic mass is 32.1. The Morgan fingerprint density at radius 3 is 1.48 bits per heavy atom. The van der Waals surface area contributed by atoms with Crippen LogP contribution in [0, 0.1) is 0 Å². The lowest BCUT2D eigenvalue weighted by Crippen LogP contribution is -2.11. The summed E-state index contributed by atoms with van der Waals surface area (Å²) < 4.78 is 7.43. The van der Waals surface area contributed by atoms with Crippen molar-refractivity contribution in [2.24, 2.45) is 0 Å². The lowest BCUT2D eigenvalue weighted by atomic mass is 10.0. The molecule has 11 aromatic carbocycles. The van der Waals surface area contributed by atoms with Crippen LogP contribution in [0.3, 0.4) is 0 Å². The first kappa shape index (κ1) is 40.9. The van der Waals surface area contributed by atoms with Gasteiger partial charge in [-0.05, 0) is 127 Å². The third kappa shape index (κ3) is 6.81. The average Bonchev–Trinajstić information content (AvgIpc) is 4.08. The minimum atomic E-state index is 1.08. The molecule has 71 heavy (non-hydrogen) atoms. The number of hydrogen-bond acceptors (Lipinski definition) is 3. The van der Waals surface area contributed by atoms with Crippen LogP contribution in [0.4, 0.5) is 34.1 Å². The van der Waals surface area contributed by atoms with Gasteiger partial charge in [-0.3, -0.25) is 0 Å². The van der Waals surface area contributed by atoms with E-state index in [1.807, 2.05) is 11.3 Å². The van der Waals surface area contributed by atoms with Crippen molar-refractivity contribution in [2.45, 2.75) is 0 Å². The van der Waals surface area contributed by atoms with E-state index in [2.05, 4.69) is 286 Å². The molecule has 14 rings (SSSR count). The Labute approximate surface area is 415 Å². The highest BCUT2D eigenvalue weighted by Gasteiger charge is 2.22. The van der Waals surface area contributed by atoms with Crippen LogP contribution in [0.5, 0.6) is 0 Å². The monoisotopic (exact) mass is 924 g/mol. The quantitative estimate of drug-likeness (QED) is 0.143. The number of fused-ring (bicyclic) bond motifs is 9. The molecule has 0 spiro atoms. The van der Waals surface area contributed by atoms with Crippen LogP contribution >= 0.6 is 11.3 Å². The summed E-state index contributed by atoms with van der Waals surface area (Å²) in [5.41, 5.74) is 15.8. The lowest BCUT2D eigenvalue weighted by Gasteiger charge is -2.28. The van der Waals surface area contributed by atoms with E-state index in [1.165, 1.54) is 58.3 Å². The number of rotatable bonds is 9. The predicted octanol–water partition coefficient (Wildman–Crippen LogP) is 18.9. The van der Waals surface area contributed by atoms with Gasteiger partial charge in [-0.2, -0.15) is 0 Å². The van der Waals surface area contributed by atoms with Crippen molar-refractivity contribution in [3.63, 3.8) is 0 Å². The van der Waals surface area contributed by atoms with E-state index in [0.29, 0.717) is 0 Å². The van der Waals surface area contributed by atoms with Crippen LogP contribution in [0.25, 0.3) is 86.3 Å². The summed E-state index contributed by atoms with van der Waals surface area (Å²) in [7, 11) is 0. The highest BCUT2D eigenvalue weighted by molar-refractivity contribution is 7.25. The average molecular weight is 925 g/mol. The van der Waals surface area contributed by atoms with Crippen molar-refractivity contribution < 1.29 is 0 Å². The maximum Gasteiger partial charge on any atom is 0.0561 e. The fourth-order valence-corrected chi connectivity index (χ4v) is 12.0. The molecule has 3 heterocycles. The number of para-hydroxylation sites is 6. The number of aromatic nitrogens is 2. The molecule has 5 heteroatoms. The molecule has 0 saturated heterocycles. The standard InChI is InChI=1S/C66H44N4S/c1-5-19-46(20-6-1)67(51-38-40-62-57(41-51)58-43-59-56-29-15-18-32-65(56)71-66(59)44-64(58)70(62)49-25-11-4-12-26-49)50-35-33-45(34-36-50)53-27-13-16-30-60(53)68(47-21-7-2-8-22-47)52-37-39-55-54-28-14-17-31-61(54)69(63(55)42-52)48-23-9-3-10-24-48/h1-44H. The Kier molecular flexibility index (Phi) is 9.68. The molecule has 0 bridgehead atoms. The van der Waals surface area contributed by atoms with Crippen molar-refractivity contribution in [1.29, 1.82) is 0 Å². The molecule has 0 saturated carbocycles. The topological polar surface area (TPSA) is 16.3 Å². The van der Waals surface area contributed by atoms with E-state index in [0.717, 1.165) is 62.1 Å². The SMILES string of the molecule is c1ccc(N(c2ccc(-c3ccccc3N(c3ccccc3)c3ccc4c5ccccc5n(-c5ccccc5)c4c3)cc2)c2ccc3c(c2)c2cc4c(cc2n3-c2ccccc2)sc2ccccc24)cc1. The molecular weight excluding hydrogens is 881 g/mol. The van der Waals surface area contributed by atoms with Gasteiger partial charge >= 0.3 is 0 Å². The van der Waals surface area contributed by atoms with E-state index in [-0.39, 0.29) is 0 Å². The number of anilines is 6. The summed E-state index contributed by atoms with van der Waals surface area (Å²) in [6.45, 7) is 0. The predicted molar refractivity (Wildman–Crippen MR) is 303 cm³/mol. The van der Waals surface area contributed by atoms with Crippen molar-refractivity contribution in [3.8, 4) is 22.5 Å². The highest BCUT2D eigenvalue weighted by Crippen LogP contribution is 2.46. The Bertz CT molecular complexity index is 4270. The van der Waals surface area contributed by atoms with Crippen molar-refractivity contribution in [2.75, 3.05) is 9.80 Å². The zero-order chi connectivity index (χ0) is 46.8. The first-order chi connectivity index (χ1) is 35.2. The van der Waals surface area contributed by atoms with Crippen LogP contribution in [0.15, 0.2) is 267 Å². The van der Waals surface area contributed by atoms with Gasteiger partial charge in [-0.25, -0.2) is 0 Å². The summed E-state index contributed by atoms with van der Waals surface area (Å²) in [6.07, 6.45) is 0. The number of thiophene rings is 1. The van der Waals surface area contributed by atoms with Crippen LogP contribution < -0.4 is 9.80 Å². The molecule has 0 N–H and O–H groups in total. The maximum absolute atomic E-state index is 2.43. The molecule has 334 valence electrons. The second-order valence-corrected chi connectivity index (χ2v) is 19.2. The first-order valence-corrected chi connectivity index (χ1v) is 25.0. The zero-order valence-electron chi connectivity index (χ0n) is 38.6. The van der Waals surface area contributed by atoms with Crippen LogP contribution in [0.1, 0.15) is 0 Å². The Balaban J connectivity index is 0.905. The largest absolute Gasteiger partial charge is 0.310 e. The van der Waals surface area contributed by atoms with Crippen molar-refractivity contribution in [3.05, 3.63) is 267 Å². The van der Waals surface area contributed by atoms with E-state index in [9.17, 15) is 0 Å². The second-order valence-electron chi connectivity index (χ2n) is 18.1. The fourth-order valence-electron chi connectivity index (χ4n) is 10.9. The van der Waals surface area contributed by atoms with Gasteiger partial charge in [0.05, 0.1) is 27.8 Å². The van der Waals surface area contributed by atoms with Gasteiger partial charge in [0.25, 0.3) is 0 Å². The molecule has 0 unspecified atom stereocenters. The summed E-state index contributed by atoms with van der Waals surface area (Å²) in [5.74, 6) is 0. The summed E-state index contributed by atoms with van der Waals surface area (Å²) in [5, 5.41) is 7.52. The Hall–Kier alpha value is -9.16. The van der Waals surface area contributed by atoms with Crippen LogP contribution in [-0.2, 0) is 0 Å². The lowest BCUT2D eigenvalue weighted by molar-refractivity contribution is 1.18. The van der Waals surface area contributed by atoms with Gasteiger partial charge in [0.15, 0.2) is 0 Å². The number of nitrogens with zero attached hydrogens (tertiary/aromatic N) is 4. The van der Waals surface area contributed by atoms with Crippen LogP contribution in [-0.4, -0.2) is 9.13 Å². The smallest absolute Gasteiger partial charge is 0.0561 e. The van der Waals surface area contributed by atoms with Crippen molar-refractivity contribution >= 4 is 109 Å². The van der Waals surface area contributed by atoms with Crippen molar-refractivity contribution in [1.82, 2.24) is 9.13 Å². The second kappa shape index (κ2) is 16.8. The van der Waals surface area contributed by atoms with Gasteiger partial charge in [0.2, 0.25) is 0 Å². The molecule has 0 aliphatic heterocycles. The van der Waals surface area contributed by atoms with Gasteiger partial charge in [0, 0.05) is 87.1 Å². The molecule has 14 aromatic rings. The first-order valence-electron chi connectivity index (χ1n) is 24.2. The number of benzene rings is 11. The van der Waals surface area contributed by atoms with Gasteiger partial charge < -0.3 is 18.9 Å². The Morgan fingerprint density at radius 1 is 0.268 bits per heavy atom. The van der Waals surface area contributed by atoms with E-state index in [4.69, 9.17) is 0 Å². The summed E-state index contributed by atoms with van der Waals surface area (Å²) in [6, 6.07) is 97.1. The summed E-state index contributed by atoms with van der Waals surface area (Å²) >= 11 is 1.87. The molecule has 4 nitrogen and oxygen atoms in total. The maximum atomic E-state index is 2.43. The van der Waals surface area contributed by atoms with Crippen LogP contribution in [0.2, 0.25) is 0 Å². The van der Waals surface area contributed by atoms with E-state index >= 15 is 0 Å². The third-order valence-electron chi connectivity index (χ3n) is 14.1. The van der Waals surface area contributed by atoms with Gasteiger partial charge in [0.1, 0.15) is 0 Å². The molecule has 0 aliphatic rings. The molecule has 0 atom stereocenters. The van der Waals surface area contributed by atoms with Gasteiger partial charge in [-0.15, -0.1) is 11.3 Å². The molecule has 3 aromatic heterocycles. The molecule has 0 aliphatic carbocycles. The van der Waals surface area contributed by atoms with Gasteiger partial charge in [-0.1, -0.05) is 146 Å². The molecule has 0 amide bonds. The minimum Gasteiger partial charge on any atom is -0.310 e. The molecule has 0 fully saturated rings. The molecule has 0 radical (unpaired) electrons. The number of hydrogen-bond donors (Lipinski definition) is 0. The summed E-state index contributed by atoms with van der Waals surface area (Å²) in [4.78, 5) is 4.79. The zero-order valence-corrected chi connectivity index (χ0v) is 39.4. The fraction of sp³-hybridized carbons (Fsp3) is 0. The molecular formula is C66H44N4S. The van der Waals surface area contributed by atoms with E-state index < -0.39 is 0 Å². The van der Waals surface area contributed by atoms with E-state index in [1.54, 1.807) is 0 Å². The normalized spacial score (nSPS) is 11.7. The minimum absolute atomic E-state index is 1.08. The Morgan fingerprint density at radius 2 is 0.761 bits per heavy atom.